The number of halogens is 1. The highest BCUT2D eigenvalue weighted by Gasteiger charge is 2.20. The Balaban J connectivity index is 3.13. The summed E-state index contributed by atoms with van der Waals surface area (Å²) < 4.78 is 2.65. The summed E-state index contributed by atoms with van der Waals surface area (Å²) in [5.41, 5.74) is 0.0885. The standard InChI is InChI=1S/C7H12IN3/c1-7(2,3)5-9-6(8)10-11(5)4/h1-4H3. The first-order valence-corrected chi connectivity index (χ1v) is 4.56. The molecule has 0 saturated heterocycles. The summed E-state index contributed by atoms with van der Waals surface area (Å²) in [4.78, 5) is 4.32. The zero-order valence-electron chi connectivity index (χ0n) is 7.22. The molecule has 0 N–H and O–H groups in total. The van der Waals surface area contributed by atoms with Crippen LogP contribution in [0.5, 0.6) is 0 Å². The lowest BCUT2D eigenvalue weighted by Crippen LogP contribution is -2.17. The molecule has 0 aliphatic heterocycles. The zero-order valence-corrected chi connectivity index (χ0v) is 9.38. The van der Waals surface area contributed by atoms with Gasteiger partial charge in [-0.1, -0.05) is 20.8 Å². The van der Waals surface area contributed by atoms with Crippen LogP contribution in [0.15, 0.2) is 0 Å². The molecule has 1 rings (SSSR count). The molecule has 0 saturated carbocycles. The van der Waals surface area contributed by atoms with Gasteiger partial charge in [-0.05, 0) is 0 Å². The van der Waals surface area contributed by atoms with Crippen molar-refractivity contribution in [1.29, 1.82) is 0 Å². The lowest BCUT2D eigenvalue weighted by atomic mass is 9.96. The third kappa shape index (κ3) is 1.91. The van der Waals surface area contributed by atoms with Crippen molar-refractivity contribution in [3.8, 4) is 0 Å². The predicted octanol–water partition coefficient (Wildman–Crippen LogP) is 1.72. The monoisotopic (exact) mass is 265 g/mol. The Kier molecular flexibility index (Phi) is 2.22. The third-order valence-electron chi connectivity index (χ3n) is 1.41. The summed E-state index contributed by atoms with van der Waals surface area (Å²) >= 11 is 2.12. The molecule has 0 bridgehead atoms. The molecule has 0 radical (unpaired) electrons. The van der Waals surface area contributed by atoms with Crippen LogP contribution in [0.1, 0.15) is 26.6 Å². The van der Waals surface area contributed by atoms with E-state index in [0.717, 1.165) is 9.66 Å². The minimum atomic E-state index is 0.0885. The third-order valence-corrected chi connectivity index (χ3v) is 1.86. The van der Waals surface area contributed by atoms with Gasteiger partial charge in [-0.3, -0.25) is 4.68 Å². The summed E-state index contributed by atoms with van der Waals surface area (Å²) in [7, 11) is 1.93. The minimum Gasteiger partial charge on any atom is -0.252 e. The fraction of sp³-hybridized carbons (Fsp3) is 0.714. The van der Waals surface area contributed by atoms with E-state index in [1.165, 1.54) is 0 Å². The van der Waals surface area contributed by atoms with E-state index in [1.807, 2.05) is 11.7 Å². The molecule has 11 heavy (non-hydrogen) atoms. The predicted molar refractivity (Wildman–Crippen MR) is 52.4 cm³/mol. The van der Waals surface area contributed by atoms with Crippen LogP contribution in [0, 0.1) is 3.83 Å². The van der Waals surface area contributed by atoms with Gasteiger partial charge in [0.1, 0.15) is 5.82 Å². The van der Waals surface area contributed by atoms with E-state index in [9.17, 15) is 0 Å². The molecule has 3 nitrogen and oxygen atoms in total. The highest BCUT2D eigenvalue weighted by Crippen LogP contribution is 2.19. The van der Waals surface area contributed by atoms with Crippen molar-refractivity contribution >= 4 is 22.6 Å². The Morgan fingerprint density at radius 1 is 1.36 bits per heavy atom. The topological polar surface area (TPSA) is 30.7 Å². The van der Waals surface area contributed by atoms with Crippen LogP contribution in [0.3, 0.4) is 0 Å². The van der Waals surface area contributed by atoms with Crippen molar-refractivity contribution in [3.05, 3.63) is 9.66 Å². The molecule has 0 amide bonds. The van der Waals surface area contributed by atoms with E-state index in [4.69, 9.17) is 0 Å². The van der Waals surface area contributed by atoms with E-state index < -0.39 is 0 Å². The number of rotatable bonds is 0. The Morgan fingerprint density at radius 3 is 2.09 bits per heavy atom. The van der Waals surface area contributed by atoms with Crippen molar-refractivity contribution in [2.45, 2.75) is 26.2 Å². The fourth-order valence-electron chi connectivity index (χ4n) is 1.01. The van der Waals surface area contributed by atoms with Gasteiger partial charge in [0.2, 0.25) is 3.83 Å². The summed E-state index contributed by atoms with van der Waals surface area (Å²) in [5, 5.41) is 4.17. The first-order valence-electron chi connectivity index (χ1n) is 3.48. The van der Waals surface area contributed by atoms with E-state index in [1.54, 1.807) is 0 Å². The number of aromatic nitrogens is 3. The second kappa shape index (κ2) is 2.73. The smallest absolute Gasteiger partial charge is 0.211 e. The molecule has 0 aliphatic rings. The van der Waals surface area contributed by atoms with Gasteiger partial charge in [0.15, 0.2) is 0 Å². The average molecular weight is 265 g/mol. The Labute approximate surface area is 80.3 Å². The quantitative estimate of drug-likeness (QED) is 0.669. The van der Waals surface area contributed by atoms with Gasteiger partial charge in [-0.25, -0.2) is 4.98 Å². The van der Waals surface area contributed by atoms with Crippen molar-refractivity contribution in [2.75, 3.05) is 0 Å². The summed E-state index contributed by atoms with van der Waals surface area (Å²) in [6.45, 7) is 6.40. The SMILES string of the molecule is Cn1nc(I)nc1C(C)(C)C. The van der Waals surface area contributed by atoms with Crippen LogP contribution in [0.2, 0.25) is 0 Å². The molecule has 0 spiro atoms. The second-order valence-electron chi connectivity index (χ2n) is 3.58. The molecule has 0 fully saturated rings. The van der Waals surface area contributed by atoms with Gasteiger partial charge < -0.3 is 0 Å². The van der Waals surface area contributed by atoms with Crippen LogP contribution < -0.4 is 0 Å². The summed E-state index contributed by atoms with van der Waals surface area (Å²) in [6.07, 6.45) is 0. The maximum absolute atomic E-state index is 4.32. The molecule has 0 unspecified atom stereocenters. The molecular weight excluding hydrogens is 253 g/mol. The van der Waals surface area contributed by atoms with Gasteiger partial charge in [0.05, 0.1) is 0 Å². The average Bonchev–Trinajstić information content (AvgIpc) is 2.08. The van der Waals surface area contributed by atoms with Gasteiger partial charge >= 0.3 is 0 Å². The van der Waals surface area contributed by atoms with Crippen molar-refractivity contribution in [2.24, 2.45) is 7.05 Å². The lowest BCUT2D eigenvalue weighted by Gasteiger charge is -2.15. The molecule has 0 aromatic carbocycles. The van der Waals surface area contributed by atoms with Crippen LogP contribution in [-0.2, 0) is 12.5 Å². The molecular formula is C7H12IN3. The number of hydrogen-bond donors (Lipinski definition) is 0. The maximum atomic E-state index is 4.32. The Morgan fingerprint density at radius 2 is 1.91 bits per heavy atom. The first-order chi connectivity index (χ1) is 4.91. The van der Waals surface area contributed by atoms with Crippen molar-refractivity contribution in [1.82, 2.24) is 14.8 Å². The fourth-order valence-corrected chi connectivity index (χ4v) is 1.56. The molecule has 62 valence electrons. The Hall–Kier alpha value is -0.130. The lowest BCUT2D eigenvalue weighted by molar-refractivity contribution is 0.506. The molecule has 1 aromatic heterocycles. The molecule has 0 atom stereocenters. The highest BCUT2D eigenvalue weighted by atomic mass is 127. The highest BCUT2D eigenvalue weighted by molar-refractivity contribution is 14.1. The zero-order chi connectivity index (χ0) is 8.65. The van der Waals surface area contributed by atoms with E-state index in [0.29, 0.717) is 0 Å². The largest absolute Gasteiger partial charge is 0.252 e. The minimum absolute atomic E-state index is 0.0885. The van der Waals surface area contributed by atoms with Crippen LogP contribution in [0.25, 0.3) is 0 Å². The number of aryl methyl sites for hydroxylation is 1. The van der Waals surface area contributed by atoms with E-state index >= 15 is 0 Å². The van der Waals surface area contributed by atoms with Crippen molar-refractivity contribution < 1.29 is 0 Å². The summed E-state index contributed by atoms with van der Waals surface area (Å²) in [6, 6.07) is 0. The van der Waals surface area contributed by atoms with Crippen molar-refractivity contribution in [3.63, 3.8) is 0 Å². The van der Waals surface area contributed by atoms with Crippen LogP contribution in [0.4, 0.5) is 0 Å². The van der Waals surface area contributed by atoms with Gasteiger partial charge in [0, 0.05) is 35.1 Å². The van der Waals surface area contributed by atoms with E-state index in [2.05, 4.69) is 53.4 Å². The van der Waals surface area contributed by atoms with Gasteiger partial charge in [0.25, 0.3) is 0 Å². The molecule has 1 heterocycles. The van der Waals surface area contributed by atoms with Gasteiger partial charge in [-0.15, -0.1) is 5.10 Å². The number of hydrogen-bond acceptors (Lipinski definition) is 2. The maximum Gasteiger partial charge on any atom is 0.211 e. The Bertz CT molecular complexity index is 259. The summed E-state index contributed by atoms with van der Waals surface area (Å²) in [5.74, 6) is 1.03. The normalized spacial score (nSPS) is 12.1. The van der Waals surface area contributed by atoms with Crippen LogP contribution >= 0.6 is 22.6 Å². The van der Waals surface area contributed by atoms with Crippen LogP contribution in [-0.4, -0.2) is 14.8 Å². The molecule has 4 heteroatoms. The second-order valence-corrected chi connectivity index (χ2v) is 4.54. The van der Waals surface area contributed by atoms with E-state index in [-0.39, 0.29) is 5.41 Å². The number of nitrogens with zero attached hydrogens (tertiary/aromatic N) is 3. The molecule has 1 aromatic rings. The van der Waals surface area contributed by atoms with Gasteiger partial charge in [-0.2, -0.15) is 0 Å². The first kappa shape index (κ1) is 8.96. The molecule has 0 aliphatic carbocycles.